The van der Waals surface area contributed by atoms with E-state index in [-0.39, 0.29) is 6.23 Å². The summed E-state index contributed by atoms with van der Waals surface area (Å²) in [5.74, 6) is 0. The van der Waals surface area contributed by atoms with E-state index in [0.717, 1.165) is 32.8 Å². The fraction of sp³-hybridized carbons (Fsp3) is 0.0690. The largest absolute Gasteiger partial charge is 0.319 e. The number of aromatic nitrogens is 1. The Labute approximate surface area is 190 Å². The minimum absolute atomic E-state index is 0.386. The van der Waals surface area contributed by atoms with Crippen molar-refractivity contribution in [2.75, 3.05) is 0 Å². The second-order valence-corrected chi connectivity index (χ2v) is 8.36. The molecule has 0 saturated carbocycles. The Morgan fingerprint density at radius 2 is 1.21 bits per heavy atom. The van der Waals surface area contributed by atoms with Crippen molar-refractivity contribution >= 4 is 43.2 Å². The van der Waals surface area contributed by atoms with Crippen molar-refractivity contribution in [3.05, 3.63) is 114 Å². The van der Waals surface area contributed by atoms with Crippen LogP contribution in [0.3, 0.4) is 0 Å². The number of rotatable bonds is 2. The van der Waals surface area contributed by atoms with Gasteiger partial charge in [-0.25, -0.2) is 0 Å². The fourth-order valence-electron chi connectivity index (χ4n) is 5.05. The van der Waals surface area contributed by atoms with Gasteiger partial charge in [0.15, 0.2) is 12.5 Å². The standard InChI is InChI=1S/C29H19N3O/c1-2-9-18(10-3-1)28-31-32-29(33-28)25-17-24-20-12-5-7-14-22(20)27-23(15-8-16-30-27)26(24)21-13-6-4-11-19(21)25/h1-17,28-29H. The fourth-order valence-corrected chi connectivity index (χ4v) is 5.05. The highest BCUT2D eigenvalue weighted by Gasteiger charge is 2.27. The molecule has 1 aromatic heterocycles. The normalized spacial score (nSPS) is 18.1. The van der Waals surface area contributed by atoms with Crippen LogP contribution >= 0.6 is 0 Å². The number of ether oxygens (including phenoxy) is 1. The third kappa shape index (κ3) is 2.78. The van der Waals surface area contributed by atoms with Crippen LogP contribution in [0.25, 0.3) is 43.2 Å². The lowest BCUT2D eigenvalue weighted by molar-refractivity contribution is 0.0337. The average Bonchev–Trinajstić information content (AvgIpc) is 3.39. The van der Waals surface area contributed by atoms with Gasteiger partial charge in [-0.2, -0.15) is 10.2 Å². The molecule has 0 fully saturated rings. The molecule has 2 heterocycles. The molecule has 6 aromatic rings. The van der Waals surface area contributed by atoms with Gasteiger partial charge in [-0.1, -0.05) is 84.9 Å². The summed E-state index contributed by atoms with van der Waals surface area (Å²) >= 11 is 0. The van der Waals surface area contributed by atoms with E-state index in [9.17, 15) is 0 Å². The molecule has 0 aliphatic carbocycles. The van der Waals surface area contributed by atoms with Crippen LogP contribution in [0.5, 0.6) is 0 Å². The summed E-state index contributed by atoms with van der Waals surface area (Å²) in [5, 5.41) is 17.2. The number of benzene rings is 5. The quantitative estimate of drug-likeness (QED) is 0.265. The average molecular weight is 425 g/mol. The molecule has 0 saturated heterocycles. The molecule has 2 unspecified atom stereocenters. The third-order valence-corrected chi connectivity index (χ3v) is 6.51. The maximum Gasteiger partial charge on any atom is 0.197 e. The molecular weight excluding hydrogens is 406 g/mol. The van der Waals surface area contributed by atoms with E-state index in [4.69, 9.17) is 9.72 Å². The van der Waals surface area contributed by atoms with Gasteiger partial charge in [0.1, 0.15) is 0 Å². The van der Waals surface area contributed by atoms with E-state index in [1.165, 1.54) is 21.5 Å². The summed E-state index contributed by atoms with van der Waals surface area (Å²) in [6, 6.07) is 33.4. The van der Waals surface area contributed by atoms with Gasteiger partial charge in [-0.05, 0) is 39.1 Å². The Kier molecular flexibility index (Phi) is 4.01. The van der Waals surface area contributed by atoms with Gasteiger partial charge < -0.3 is 4.74 Å². The number of hydrogen-bond acceptors (Lipinski definition) is 4. The summed E-state index contributed by atoms with van der Waals surface area (Å²) in [7, 11) is 0. The summed E-state index contributed by atoms with van der Waals surface area (Å²) in [6.07, 6.45) is 1.03. The Balaban J connectivity index is 1.53. The van der Waals surface area contributed by atoms with Gasteiger partial charge in [-0.15, -0.1) is 0 Å². The van der Waals surface area contributed by atoms with Crippen LogP contribution in [0, 0.1) is 0 Å². The first-order chi connectivity index (χ1) is 16.4. The summed E-state index contributed by atoms with van der Waals surface area (Å²) in [5.41, 5.74) is 3.07. The first-order valence-corrected chi connectivity index (χ1v) is 11.1. The van der Waals surface area contributed by atoms with Crippen LogP contribution in [0.2, 0.25) is 0 Å². The third-order valence-electron chi connectivity index (χ3n) is 6.51. The molecule has 4 heteroatoms. The van der Waals surface area contributed by atoms with Gasteiger partial charge in [0.05, 0.1) is 5.52 Å². The molecular formula is C29H19N3O. The molecule has 1 aliphatic heterocycles. The molecule has 4 nitrogen and oxygen atoms in total. The Morgan fingerprint density at radius 1 is 0.545 bits per heavy atom. The molecule has 0 N–H and O–H groups in total. The molecule has 5 aromatic carbocycles. The summed E-state index contributed by atoms with van der Waals surface area (Å²) in [4.78, 5) is 4.75. The summed E-state index contributed by atoms with van der Waals surface area (Å²) < 4.78 is 6.34. The number of nitrogens with zero attached hydrogens (tertiary/aromatic N) is 3. The second kappa shape index (κ2) is 7.19. The first-order valence-electron chi connectivity index (χ1n) is 11.1. The van der Waals surface area contributed by atoms with E-state index in [1.807, 2.05) is 42.6 Å². The number of fused-ring (bicyclic) bond motifs is 8. The topological polar surface area (TPSA) is 46.8 Å². The van der Waals surface area contributed by atoms with Crippen LogP contribution in [-0.2, 0) is 4.74 Å². The van der Waals surface area contributed by atoms with Gasteiger partial charge in [0, 0.05) is 28.1 Å². The van der Waals surface area contributed by atoms with E-state index < -0.39 is 6.23 Å². The van der Waals surface area contributed by atoms with Crippen LogP contribution in [-0.4, -0.2) is 4.98 Å². The molecule has 7 rings (SSSR count). The van der Waals surface area contributed by atoms with Crippen LogP contribution in [0.1, 0.15) is 23.6 Å². The lowest BCUT2D eigenvalue weighted by atomic mass is 9.90. The molecule has 0 spiro atoms. The summed E-state index contributed by atoms with van der Waals surface area (Å²) in [6.45, 7) is 0. The predicted molar refractivity (Wildman–Crippen MR) is 132 cm³/mol. The second-order valence-electron chi connectivity index (χ2n) is 8.36. The van der Waals surface area contributed by atoms with E-state index in [0.29, 0.717) is 0 Å². The molecule has 2 atom stereocenters. The van der Waals surface area contributed by atoms with Crippen molar-refractivity contribution in [1.82, 2.24) is 4.98 Å². The Hall–Kier alpha value is -4.15. The zero-order valence-corrected chi connectivity index (χ0v) is 17.7. The molecule has 0 bridgehead atoms. The molecule has 33 heavy (non-hydrogen) atoms. The lowest BCUT2D eigenvalue weighted by Crippen LogP contribution is -2.02. The number of pyridine rings is 1. The van der Waals surface area contributed by atoms with Crippen LogP contribution in [0.15, 0.2) is 113 Å². The maximum absolute atomic E-state index is 6.34. The highest BCUT2D eigenvalue weighted by molar-refractivity contribution is 6.30. The van der Waals surface area contributed by atoms with Crippen LogP contribution in [0.4, 0.5) is 0 Å². The molecule has 156 valence electrons. The van der Waals surface area contributed by atoms with Crippen molar-refractivity contribution in [2.45, 2.75) is 12.5 Å². The zero-order chi connectivity index (χ0) is 21.8. The monoisotopic (exact) mass is 425 g/mol. The minimum Gasteiger partial charge on any atom is -0.319 e. The Morgan fingerprint density at radius 3 is 2.06 bits per heavy atom. The van der Waals surface area contributed by atoms with Gasteiger partial charge in [0.2, 0.25) is 0 Å². The van der Waals surface area contributed by atoms with E-state index >= 15 is 0 Å². The van der Waals surface area contributed by atoms with Crippen molar-refractivity contribution in [2.24, 2.45) is 10.2 Å². The SMILES string of the molecule is c1ccc(C2N=NC(c3cc4c5ccccc5c5ncccc5c4c4ccccc34)O2)cc1. The highest BCUT2D eigenvalue weighted by Crippen LogP contribution is 2.44. The smallest absolute Gasteiger partial charge is 0.197 e. The first kappa shape index (κ1) is 18.4. The van der Waals surface area contributed by atoms with Crippen molar-refractivity contribution < 1.29 is 4.74 Å². The zero-order valence-electron chi connectivity index (χ0n) is 17.7. The highest BCUT2D eigenvalue weighted by atomic mass is 16.5. The minimum atomic E-state index is -0.451. The van der Waals surface area contributed by atoms with Crippen molar-refractivity contribution in [3.63, 3.8) is 0 Å². The predicted octanol–water partition coefficient (Wildman–Crippen LogP) is 7.87. The molecule has 1 aliphatic rings. The van der Waals surface area contributed by atoms with Crippen LogP contribution < -0.4 is 0 Å². The number of azo groups is 1. The van der Waals surface area contributed by atoms with Gasteiger partial charge >= 0.3 is 0 Å². The van der Waals surface area contributed by atoms with Crippen molar-refractivity contribution in [3.8, 4) is 0 Å². The molecule has 0 radical (unpaired) electrons. The van der Waals surface area contributed by atoms with E-state index in [1.54, 1.807) is 0 Å². The Bertz CT molecular complexity index is 1710. The number of hydrogen-bond donors (Lipinski definition) is 0. The van der Waals surface area contributed by atoms with E-state index in [2.05, 4.69) is 70.9 Å². The van der Waals surface area contributed by atoms with Crippen molar-refractivity contribution in [1.29, 1.82) is 0 Å². The molecule has 0 amide bonds. The van der Waals surface area contributed by atoms with Gasteiger partial charge in [-0.3, -0.25) is 4.98 Å². The maximum atomic E-state index is 6.34. The van der Waals surface area contributed by atoms with Gasteiger partial charge in [0.25, 0.3) is 0 Å². The lowest BCUT2D eigenvalue weighted by Gasteiger charge is -2.17.